The van der Waals surface area contributed by atoms with Gasteiger partial charge < -0.3 is 15.2 Å². The van der Waals surface area contributed by atoms with E-state index in [1.807, 2.05) is 6.07 Å². The van der Waals surface area contributed by atoms with Crippen LogP contribution in [-0.4, -0.2) is 34.3 Å². The molecule has 2 N–H and O–H groups in total. The highest BCUT2D eigenvalue weighted by atomic mass is 16.5. The third-order valence-electron chi connectivity index (χ3n) is 4.13. The zero-order chi connectivity index (χ0) is 16.2. The summed E-state index contributed by atoms with van der Waals surface area (Å²) in [6, 6.07) is 1.91. The first-order valence-corrected chi connectivity index (χ1v) is 8.16. The zero-order valence-electron chi connectivity index (χ0n) is 14.3. The lowest BCUT2D eigenvalue weighted by atomic mass is 9.85. The fourth-order valence-corrected chi connectivity index (χ4v) is 2.79. The highest BCUT2D eigenvalue weighted by Crippen LogP contribution is 2.28. The Bertz CT molecular complexity index is 491. The maximum Gasteiger partial charge on any atom is 0.136 e. The van der Waals surface area contributed by atoms with Gasteiger partial charge in [-0.2, -0.15) is 0 Å². The van der Waals surface area contributed by atoms with Crippen LogP contribution in [0.25, 0.3) is 0 Å². The second kappa shape index (κ2) is 6.92. The summed E-state index contributed by atoms with van der Waals surface area (Å²) in [4.78, 5) is 9.18. The van der Waals surface area contributed by atoms with Crippen molar-refractivity contribution in [2.24, 2.45) is 0 Å². The molecule has 0 amide bonds. The first-order valence-electron chi connectivity index (χ1n) is 8.16. The van der Waals surface area contributed by atoms with Crippen LogP contribution < -0.4 is 5.32 Å². The van der Waals surface area contributed by atoms with Crippen molar-refractivity contribution in [3.05, 3.63) is 17.6 Å². The van der Waals surface area contributed by atoms with Crippen LogP contribution in [0.5, 0.6) is 0 Å². The fraction of sp³-hybridized carbons (Fsp3) is 0.765. The molecule has 22 heavy (non-hydrogen) atoms. The van der Waals surface area contributed by atoms with Gasteiger partial charge >= 0.3 is 0 Å². The molecule has 5 heteroatoms. The highest BCUT2D eigenvalue weighted by molar-refractivity contribution is 5.37. The first kappa shape index (κ1) is 17.2. The van der Waals surface area contributed by atoms with Crippen molar-refractivity contribution in [1.82, 2.24) is 9.97 Å². The van der Waals surface area contributed by atoms with Gasteiger partial charge in [0.1, 0.15) is 11.6 Å². The standard InChI is InChI=1S/C17H29N3O2/c1-16(2,3)15-19-13(11-22-4)10-14(20-15)18-12-17(21)8-6-5-7-9-17/h10,21H,5-9,11-12H2,1-4H3,(H,18,19,20). The second-order valence-electron chi connectivity index (χ2n) is 7.39. The predicted octanol–water partition coefficient (Wildman–Crippen LogP) is 3.03. The monoisotopic (exact) mass is 307 g/mol. The molecule has 1 aliphatic carbocycles. The molecule has 0 spiro atoms. The van der Waals surface area contributed by atoms with E-state index in [1.54, 1.807) is 7.11 Å². The van der Waals surface area contributed by atoms with Crippen molar-refractivity contribution in [2.75, 3.05) is 19.0 Å². The number of aromatic nitrogens is 2. The lowest BCUT2D eigenvalue weighted by Gasteiger charge is -2.32. The molecule has 1 fully saturated rings. The number of aliphatic hydroxyl groups is 1. The summed E-state index contributed by atoms with van der Waals surface area (Å²) in [7, 11) is 1.66. The quantitative estimate of drug-likeness (QED) is 0.875. The number of nitrogens with zero attached hydrogens (tertiary/aromatic N) is 2. The average Bonchev–Trinajstić information content (AvgIpc) is 2.45. The fourth-order valence-electron chi connectivity index (χ4n) is 2.79. The molecule has 0 unspecified atom stereocenters. The Morgan fingerprint density at radius 2 is 1.91 bits per heavy atom. The van der Waals surface area contributed by atoms with Crippen molar-refractivity contribution in [3.8, 4) is 0 Å². The Balaban J connectivity index is 2.13. The second-order valence-corrected chi connectivity index (χ2v) is 7.39. The number of nitrogens with one attached hydrogen (secondary N) is 1. The largest absolute Gasteiger partial charge is 0.388 e. The summed E-state index contributed by atoms with van der Waals surface area (Å²) in [5, 5.41) is 13.9. The molecule has 1 aromatic heterocycles. The number of methoxy groups -OCH3 is 1. The van der Waals surface area contributed by atoms with Gasteiger partial charge in [0, 0.05) is 25.1 Å². The molecular weight excluding hydrogens is 278 g/mol. The van der Waals surface area contributed by atoms with E-state index in [0.29, 0.717) is 13.2 Å². The molecule has 2 rings (SSSR count). The van der Waals surface area contributed by atoms with E-state index in [1.165, 1.54) is 6.42 Å². The zero-order valence-corrected chi connectivity index (χ0v) is 14.3. The van der Waals surface area contributed by atoms with Crippen molar-refractivity contribution in [1.29, 1.82) is 0 Å². The van der Waals surface area contributed by atoms with Crippen LogP contribution in [0.4, 0.5) is 5.82 Å². The van der Waals surface area contributed by atoms with Crippen LogP contribution in [0.3, 0.4) is 0 Å². The molecule has 0 saturated heterocycles. The highest BCUT2D eigenvalue weighted by Gasteiger charge is 2.29. The van der Waals surface area contributed by atoms with Gasteiger partial charge in [0.05, 0.1) is 17.9 Å². The number of anilines is 1. The van der Waals surface area contributed by atoms with Crippen LogP contribution in [0.2, 0.25) is 0 Å². The summed E-state index contributed by atoms with van der Waals surface area (Å²) in [5.41, 5.74) is 0.134. The maximum absolute atomic E-state index is 10.6. The Labute approximate surface area is 133 Å². The van der Waals surface area contributed by atoms with Gasteiger partial charge in [-0.3, -0.25) is 0 Å². The minimum absolute atomic E-state index is 0.123. The third-order valence-corrected chi connectivity index (χ3v) is 4.13. The van der Waals surface area contributed by atoms with Crippen molar-refractivity contribution >= 4 is 5.82 Å². The van der Waals surface area contributed by atoms with E-state index in [2.05, 4.69) is 36.1 Å². The van der Waals surface area contributed by atoms with Crippen LogP contribution in [-0.2, 0) is 16.8 Å². The van der Waals surface area contributed by atoms with Gasteiger partial charge in [0.15, 0.2) is 0 Å². The first-order chi connectivity index (χ1) is 10.3. The summed E-state index contributed by atoms with van der Waals surface area (Å²) in [6.07, 6.45) is 5.15. The maximum atomic E-state index is 10.6. The molecule has 0 aromatic carbocycles. The summed E-state index contributed by atoms with van der Waals surface area (Å²) in [5.74, 6) is 1.56. The van der Waals surface area contributed by atoms with Crippen molar-refractivity contribution in [2.45, 2.75) is 70.5 Å². The molecule has 1 heterocycles. The van der Waals surface area contributed by atoms with Crippen LogP contribution >= 0.6 is 0 Å². The van der Waals surface area contributed by atoms with Gasteiger partial charge in [-0.25, -0.2) is 9.97 Å². The molecule has 5 nitrogen and oxygen atoms in total. The Morgan fingerprint density at radius 1 is 1.23 bits per heavy atom. The van der Waals surface area contributed by atoms with Crippen LogP contribution in [0.15, 0.2) is 6.07 Å². The van der Waals surface area contributed by atoms with E-state index in [0.717, 1.165) is 43.0 Å². The van der Waals surface area contributed by atoms with Crippen molar-refractivity contribution in [3.63, 3.8) is 0 Å². The molecule has 1 aromatic rings. The van der Waals surface area contributed by atoms with Gasteiger partial charge in [-0.1, -0.05) is 40.0 Å². The van der Waals surface area contributed by atoms with Gasteiger partial charge in [-0.15, -0.1) is 0 Å². The minimum atomic E-state index is -0.605. The number of ether oxygens (including phenoxy) is 1. The van der Waals surface area contributed by atoms with Gasteiger partial charge in [-0.05, 0) is 12.8 Å². The molecule has 1 aliphatic rings. The number of hydrogen-bond acceptors (Lipinski definition) is 5. The summed E-state index contributed by atoms with van der Waals surface area (Å²) >= 11 is 0. The van der Waals surface area contributed by atoms with Crippen LogP contribution in [0.1, 0.15) is 64.4 Å². The predicted molar refractivity (Wildman–Crippen MR) is 88.0 cm³/mol. The lowest BCUT2D eigenvalue weighted by Crippen LogP contribution is -2.39. The molecule has 0 atom stereocenters. The van der Waals surface area contributed by atoms with Crippen LogP contribution in [0, 0.1) is 0 Å². The van der Waals surface area contributed by atoms with Gasteiger partial charge in [0.2, 0.25) is 0 Å². The summed E-state index contributed by atoms with van der Waals surface area (Å²) in [6.45, 7) is 7.29. The molecule has 0 bridgehead atoms. The normalized spacial score (nSPS) is 18.2. The molecular formula is C17H29N3O2. The van der Waals surface area contributed by atoms with E-state index < -0.39 is 5.60 Å². The number of rotatable bonds is 5. The minimum Gasteiger partial charge on any atom is -0.388 e. The Hall–Kier alpha value is -1.20. The third kappa shape index (κ3) is 4.65. The number of hydrogen-bond donors (Lipinski definition) is 2. The Kier molecular flexibility index (Phi) is 5.40. The smallest absolute Gasteiger partial charge is 0.136 e. The average molecular weight is 307 g/mol. The topological polar surface area (TPSA) is 67.3 Å². The van der Waals surface area contributed by atoms with Crippen molar-refractivity contribution < 1.29 is 9.84 Å². The van der Waals surface area contributed by atoms with E-state index in [-0.39, 0.29) is 5.41 Å². The molecule has 1 saturated carbocycles. The lowest BCUT2D eigenvalue weighted by molar-refractivity contribution is 0.0166. The summed E-state index contributed by atoms with van der Waals surface area (Å²) < 4.78 is 5.20. The SMILES string of the molecule is COCc1cc(NCC2(O)CCCCC2)nc(C(C)(C)C)n1. The van der Waals surface area contributed by atoms with Gasteiger partial charge in [0.25, 0.3) is 0 Å². The van der Waals surface area contributed by atoms with E-state index >= 15 is 0 Å². The molecule has 124 valence electrons. The molecule has 0 aliphatic heterocycles. The van der Waals surface area contributed by atoms with E-state index in [9.17, 15) is 5.11 Å². The Morgan fingerprint density at radius 3 is 2.50 bits per heavy atom. The van der Waals surface area contributed by atoms with E-state index in [4.69, 9.17) is 4.74 Å². The molecule has 0 radical (unpaired) electrons.